The highest BCUT2D eigenvalue weighted by molar-refractivity contribution is 7.19. The van der Waals surface area contributed by atoms with E-state index in [1.807, 2.05) is 11.3 Å². The maximum absolute atomic E-state index is 12.1. The van der Waals surface area contributed by atoms with Crippen molar-refractivity contribution in [3.63, 3.8) is 0 Å². The molecule has 0 aliphatic carbocycles. The molecule has 1 aromatic carbocycles. The Kier molecular flexibility index (Phi) is 5.79. The Labute approximate surface area is 180 Å². The summed E-state index contributed by atoms with van der Waals surface area (Å²) in [6.07, 6.45) is 3.11. The molecule has 2 aliphatic heterocycles. The zero-order valence-electron chi connectivity index (χ0n) is 17.0. The molecule has 0 saturated carbocycles. The molecule has 7 nitrogen and oxygen atoms in total. The lowest BCUT2D eigenvalue weighted by atomic mass is 10.2. The molecule has 4 heterocycles. The van der Waals surface area contributed by atoms with Crippen LogP contribution in [0.4, 0.5) is 0 Å². The summed E-state index contributed by atoms with van der Waals surface area (Å²) in [6.45, 7) is 5.10. The molecule has 0 unspecified atom stereocenters. The Balaban J connectivity index is 1.16. The molecule has 1 saturated heterocycles. The largest absolute Gasteiger partial charge is 0.368 e. The third-order valence-electron chi connectivity index (χ3n) is 5.92. The molecule has 1 N–H and O–H groups in total. The van der Waals surface area contributed by atoms with Gasteiger partial charge in [-0.2, -0.15) is 0 Å². The Morgan fingerprint density at radius 1 is 1.23 bits per heavy atom. The number of ether oxygens (including phenoxy) is 1. The maximum atomic E-state index is 12.1. The highest BCUT2D eigenvalue weighted by Crippen LogP contribution is 2.26. The third kappa shape index (κ3) is 4.26. The van der Waals surface area contributed by atoms with Gasteiger partial charge in [0.1, 0.15) is 17.8 Å². The van der Waals surface area contributed by atoms with E-state index < -0.39 is 0 Å². The number of hydrogen-bond donors (Lipinski definition) is 1. The van der Waals surface area contributed by atoms with Gasteiger partial charge in [-0.3, -0.25) is 9.69 Å². The van der Waals surface area contributed by atoms with Crippen LogP contribution in [-0.4, -0.2) is 57.9 Å². The summed E-state index contributed by atoms with van der Waals surface area (Å²) in [5, 5.41) is 13.1. The van der Waals surface area contributed by atoms with Crippen molar-refractivity contribution in [1.29, 1.82) is 0 Å². The lowest BCUT2D eigenvalue weighted by Crippen LogP contribution is -2.35. The number of nitrogens with zero attached hydrogens (tertiary/aromatic N) is 4. The SMILES string of the molecule is O=C(NCCc1nnc2n1CCN(Cc1cc3ccccc3s1)CC2)[C@H]1CCCO1. The predicted molar refractivity (Wildman–Crippen MR) is 117 cm³/mol. The van der Waals surface area contributed by atoms with Gasteiger partial charge >= 0.3 is 0 Å². The van der Waals surface area contributed by atoms with Crippen LogP contribution in [0.5, 0.6) is 0 Å². The normalized spacial score (nSPS) is 19.7. The number of aromatic nitrogens is 3. The molecule has 5 rings (SSSR count). The maximum Gasteiger partial charge on any atom is 0.249 e. The monoisotopic (exact) mass is 425 g/mol. The smallest absolute Gasteiger partial charge is 0.249 e. The van der Waals surface area contributed by atoms with Gasteiger partial charge in [-0.1, -0.05) is 18.2 Å². The van der Waals surface area contributed by atoms with Gasteiger partial charge in [-0.25, -0.2) is 0 Å². The summed E-state index contributed by atoms with van der Waals surface area (Å²) in [6, 6.07) is 10.9. The summed E-state index contributed by atoms with van der Waals surface area (Å²) in [4.78, 5) is 16.0. The molecule has 3 aromatic rings. The van der Waals surface area contributed by atoms with E-state index in [2.05, 4.69) is 55.3 Å². The average Bonchev–Trinajstić information content (AvgIpc) is 3.47. The second kappa shape index (κ2) is 8.83. The number of carbonyl (C=O) groups is 1. The first-order valence-electron chi connectivity index (χ1n) is 10.8. The van der Waals surface area contributed by atoms with Gasteiger partial charge in [0.05, 0.1) is 0 Å². The fourth-order valence-corrected chi connectivity index (χ4v) is 5.41. The Hall–Kier alpha value is -2.29. The van der Waals surface area contributed by atoms with E-state index >= 15 is 0 Å². The van der Waals surface area contributed by atoms with Gasteiger partial charge in [0.2, 0.25) is 5.91 Å². The van der Waals surface area contributed by atoms with E-state index in [1.54, 1.807) is 0 Å². The lowest BCUT2D eigenvalue weighted by molar-refractivity contribution is -0.130. The lowest BCUT2D eigenvalue weighted by Gasteiger charge is -2.18. The van der Waals surface area contributed by atoms with Crippen molar-refractivity contribution in [2.24, 2.45) is 0 Å². The van der Waals surface area contributed by atoms with Gasteiger partial charge in [-0.15, -0.1) is 21.5 Å². The van der Waals surface area contributed by atoms with E-state index in [-0.39, 0.29) is 12.0 Å². The van der Waals surface area contributed by atoms with Crippen molar-refractivity contribution in [2.45, 2.75) is 44.9 Å². The molecule has 30 heavy (non-hydrogen) atoms. The number of benzene rings is 1. The zero-order chi connectivity index (χ0) is 20.3. The van der Waals surface area contributed by atoms with Crippen molar-refractivity contribution in [2.75, 3.05) is 26.2 Å². The van der Waals surface area contributed by atoms with Gasteiger partial charge in [0.15, 0.2) is 0 Å². The first kappa shape index (κ1) is 19.7. The molecule has 0 bridgehead atoms. The van der Waals surface area contributed by atoms with Crippen LogP contribution < -0.4 is 5.32 Å². The van der Waals surface area contributed by atoms with Gasteiger partial charge in [-0.05, 0) is 30.4 Å². The number of hydrogen-bond acceptors (Lipinski definition) is 6. The molecular weight excluding hydrogens is 398 g/mol. The number of nitrogens with one attached hydrogen (secondary N) is 1. The first-order chi connectivity index (χ1) is 14.8. The quantitative estimate of drug-likeness (QED) is 0.657. The van der Waals surface area contributed by atoms with Crippen LogP contribution in [0.1, 0.15) is 29.4 Å². The molecule has 2 aliphatic rings. The second-order valence-corrected chi connectivity index (χ2v) is 9.17. The minimum Gasteiger partial charge on any atom is -0.368 e. The van der Waals surface area contributed by atoms with E-state index in [0.29, 0.717) is 19.6 Å². The molecular formula is C22H27N5O2S. The van der Waals surface area contributed by atoms with Crippen LogP contribution >= 0.6 is 11.3 Å². The van der Waals surface area contributed by atoms with Crippen molar-refractivity contribution in [3.05, 3.63) is 46.9 Å². The zero-order valence-corrected chi connectivity index (χ0v) is 17.9. The van der Waals surface area contributed by atoms with Crippen LogP contribution in [0.15, 0.2) is 30.3 Å². The van der Waals surface area contributed by atoms with Crippen molar-refractivity contribution >= 4 is 27.3 Å². The summed E-state index contributed by atoms with van der Waals surface area (Å²) in [5.41, 5.74) is 0. The highest BCUT2D eigenvalue weighted by Gasteiger charge is 2.24. The predicted octanol–water partition coefficient (Wildman–Crippen LogP) is 2.39. The van der Waals surface area contributed by atoms with Crippen molar-refractivity contribution < 1.29 is 9.53 Å². The van der Waals surface area contributed by atoms with Crippen LogP contribution in [0.25, 0.3) is 10.1 Å². The molecule has 1 fully saturated rings. The van der Waals surface area contributed by atoms with Gasteiger partial charge in [0.25, 0.3) is 0 Å². The molecule has 8 heteroatoms. The van der Waals surface area contributed by atoms with E-state index in [9.17, 15) is 4.79 Å². The summed E-state index contributed by atoms with van der Waals surface area (Å²) < 4.78 is 9.03. The summed E-state index contributed by atoms with van der Waals surface area (Å²) in [7, 11) is 0. The summed E-state index contributed by atoms with van der Waals surface area (Å²) in [5.74, 6) is 2.01. The number of fused-ring (bicyclic) bond motifs is 2. The first-order valence-corrected chi connectivity index (χ1v) is 11.6. The van der Waals surface area contributed by atoms with Crippen LogP contribution in [0.3, 0.4) is 0 Å². The molecule has 0 radical (unpaired) electrons. The van der Waals surface area contributed by atoms with E-state index in [1.165, 1.54) is 15.0 Å². The molecule has 1 atom stereocenters. The standard InChI is InChI=1S/C22H27N5O2S/c28-22(18-5-3-13-29-18)23-9-7-20-24-25-21-8-10-26(11-12-27(20)21)15-17-14-16-4-1-2-6-19(16)30-17/h1-2,4,6,14,18H,3,5,7-13,15H2,(H,23,28)/t18-/m1/s1. The molecule has 2 aromatic heterocycles. The van der Waals surface area contributed by atoms with E-state index in [4.69, 9.17) is 4.74 Å². The Bertz CT molecular complexity index is 991. The van der Waals surface area contributed by atoms with Crippen LogP contribution in [0.2, 0.25) is 0 Å². The minimum absolute atomic E-state index is 0.00221. The number of thiophene rings is 1. The van der Waals surface area contributed by atoms with E-state index in [0.717, 1.165) is 57.1 Å². The second-order valence-electron chi connectivity index (χ2n) is 8.00. The number of amides is 1. The Morgan fingerprint density at radius 2 is 2.17 bits per heavy atom. The summed E-state index contributed by atoms with van der Waals surface area (Å²) >= 11 is 1.88. The number of carbonyl (C=O) groups excluding carboxylic acids is 1. The molecule has 1 amide bonds. The van der Waals surface area contributed by atoms with Crippen LogP contribution in [0, 0.1) is 0 Å². The molecule has 0 spiro atoms. The number of rotatable bonds is 6. The fraction of sp³-hybridized carbons (Fsp3) is 0.500. The van der Waals surface area contributed by atoms with Gasteiger partial charge < -0.3 is 14.6 Å². The average molecular weight is 426 g/mol. The molecule has 158 valence electrons. The topological polar surface area (TPSA) is 72.3 Å². The van der Waals surface area contributed by atoms with Crippen molar-refractivity contribution in [1.82, 2.24) is 25.0 Å². The van der Waals surface area contributed by atoms with Gasteiger partial charge in [0, 0.05) is 61.7 Å². The Morgan fingerprint density at radius 3 is 3.03 bits per heavy atom. The highest BCUT2D eigenvalue weighted by atomic mass is 32.1. The van der Waals surface area contributed by atoms with Crippen LogP contribution in [-0.2, 0) is 35.5 Å². The fourth-order valence-electron chi connectivity index (χ4n) is 4.30. The van der Waals surface area contributed by atoms with Crippen molar-refractivity contribution in [3.8, 4) is 0 Å². The minimum atomic E-state index is -0.275. The third-order valence-corrected chi connectivity index (χ3v) is 7.02.